The maximum absolute atomic E-state index is 13.0. The van der Waals surface area contributed by atoms with Gasteiger partial charge < -0.3 is 20.4 Å². The first-order valence-corrected chi connectivity index (χ1v) is 10.5. The van der Waals surface area contributed by atoms with Crippen LogP contribution in [0.5, 0.6) is 0 Å². The molecule has 162 valence electrons. The second-order valence-corrected chi connectivity index (χ2v) is 9.11. The van der Waals surface area contributed by atoms with Gasteiger partial charge in [-0.15, -0.1) is 0 Å². The van der Waals surface area contributed by atoms with E-state index < -0.39 is 23.5 Å². The summed E-state index contributed by atoms with van der Waals surface area (Å²) in [5.74, 6) is -0.993. The van der Waals surface area contributed by atoms with E-state index in [-0.39, 0.29) is 24.3 Å². The van der Waals surface area contributed by atoms with Crippen LogP contribution in [0.1, 0.15) is 85.5 Å². The number of aliphatic hydroxyl groups excluding tert-OH is 1. The number of amides is 2. The number of hydrogen-bond acceptors (Lipinski definition) is 4. The number of carbonyl (C=O) groups is 3. The van der Waals surface area contributed by atoms with Crippen molar-refractivity contribution in [3.8, 4) is 0 Å². The predicted octanol–water partition coefficient (Wildman–Crippen LogP) is 2.70. The van der Waals surface area contributed by atoms with Gasteiger partial charge in [-0.05, 0) is 31.6 Å². The number of β-amino-alcohol motifs (C(OH)–C–C–N with tert-alkyl or cyclic N) is 1. The van der Waals surface area contributed by atoms with Gasteiger partial charge in [-0.25, -0.2) is 0 Å². The Morgan fingerprint density at radius 2 is 1.57 bits per heavy atom. The van der Waals surface area contributed by atoms with E-state index in [2.05, 4.69) is 5.32 Å². The van der Waals surface area contributed by atoms with Gasteiger partial charge in [0, 0.05) is 25.4 Å². The molecule has 1 aliphatic rings. The molecule has 1 aliphatic heterocycles. The van der Waals surface area contributed by atoms with Crippen LogP contribution in [0, 0.1) is 5.41 Å². The summed E-state index contributed by atoms with van der Waals surface area (Å²) in [5, 5.41) is 21.3. The molecule has 0 aromatic carbocycles. The first kappa shape index (κ1) is 24.4. The van der Waals surface area contributed by atoms with Crippen molar-refractivity contribution >= 4 is 17.8 Å². The van der Waals surface area contributed by atoms with E-state index in [0.717, 1.165) is 32.1 Å². The summed E-state index contributed by atoms with van der Waals surface area (Å²) < 4.78 is 0. The van der Waals surface area contributed by atoms with Gasteiger partial charge in [0.15, 0.2) is 0 Å². The van der Waals surface area contributed by atoms with E-state index in [1.807, 2.05) is 27.7 Å². The summed E-state index contributed by atoms with van der Waals surface area (Å²) in [6.07, 6.45) is 5.93. The van der Waals surface area contributed by atoms with Crippen LogP contribution >= 0.6 is 0 Å². The van der Waals surface area contributed by atoms with Gasteiger partial charge in [-0.2, -0.15) is 0 Å². The Morgan fingerprint density at radius 1 is 1.04 bits per heavy atom. The largest absolute Gasteiger partial charge is 0.481 e. The lowest BCUT2D eigenvalue weighted by Crippen LogP contribution is -2.55. The smallest absolute Gasteiger partial charge is 0.303 e. The van der Waals surface area contributed by atoms with E-state index in [1.54, 1.807) is 4.90 Å². The standard InChI is InChI=1S/C21H38N2O5/c1-15-13-16(24)14-23(15)20(28)19(21(2,3)4)22-17(25)11-9-7-5-6-8-10-12-18(26)27/h15-16,19,24H,5-14H2,1-4H3,(H,22,25)(H,26,27)/t15-,16-,19-/m1/s1. The molecule has 0 radical (unpaired) electrons. The average Bonchev–Trinajstić information content (AvgIpc) is 2.91. The minimum atomic E-state index is -0.752. The molecule has 2 amide bonds. The SMILES string of the molecule is C[C@@H]1C[C@@H](O)CN1C(=O)[C@@H](NC(=O)CCCCCCCCC(=O)O)C(C)(C)C. The number of unbranched alkanes of at least 4 members (excludes halogenated alkanes) is 5. The Hall–Kier alpha value is -1.63. The molecule has 0 aromatic heterocycles. The minimum Gasteiger partial charge on any atom is -0.481 e. The number of carbonyl (C=O) groups excluding carboxylic acids is 2. The number of likely N-dealkylation sites (tertiary alicyclic amines) is 1. The quantitative estimate of drug-likeness (QED) is 0.464. The highest BCUT2D eigenvalue weighted by Gasteiger charge is 2.40. The molecular weight excluding hydrogens is 360 g/mol. The van der Waals surface area contributed by atoms with Gasteiger partial charge in [0.2, 0.25) is 11.8 Å². The first-order chi connectivity index (χ1) is 13.0. The third-order valence-corrected chi connectivity index (χ3v) is 5.30. The fraction of sp³-hybridized carbons (Fsp3) is 0.857. The lowest BCUT2D eigenvalue weighted by molar-refractivity contribution is -0.140. The third-order valence-electron chi connectivity index (χ3n) is 5.30. The van der Waals surface area contributed by atoms with Crippen molar-refractivity contribution in [2.75, 3.05) is 6.54 Å². The van der Waals surface area contributed by atoms with Crippen molar-refractivity contribution < 1.29 is 24.6 Å². The second-order valence-electron chi connectivity index (χ2n) is 9.11. The Balaban J connectivity index is 2.38. The topological polar surface area (TPSA) is 107 Å². The van der Waals surface area contributed by atoms with Crippen LogP contribution in [0.25, 0.3) is 0 Å². The minimum absolute atomic E-state index is 0.0228. The van der Waals surface area contributed by atoms with Crippen molar-refractivity contribution in [2.45, 2.75) is 104 Å². The summed E-state index contributed by atoms with van der Waals surface area (Å²) in [5.41, 5.74) is -0.413. The van der Waals surface area contributed by atoms with Crippen LogP contribution in [0.3, 0.4) is 0 Å². The summed E-state index contributed by atoms with van der Waals surface area (Å²) >= 11 is 0. The van der Waals surface area contributed by atoms with Gasteiger partial charge in [0.05, 0.1) is 6.10 Å². The Kier molecular flexibility index (Phi) is 9.93. The Bertz CT molecular complexity index is 529. The third kappa shape index (κ3) is 8.59. The zero-order chi connectivity index (χ0) is 21.3. The summed E-state index contributed by atoms with van der Waals surface area (Å²) in [6, 6.07) is -0.630. The van der Waals surface area contributed by atoms with Crippen LogP contribution in [0.2, 0.25) is 0 Å². The highest BCUT2D eigenvalue weighted by molar-refractivity contribution is 5.88. The Morgan fingerprint density at radius 3 is 2.04 bits per heavy atom. The first-order valence-electron chi connectivity index (χ1n) is 10.5. The van der Waals surface area contributed by atoms with Gasteiger partial charge in [-0.3, -0.25) is 14.4 Å². The molecule has 3 atom stereocenters. The molecule has 1 rings (SSSR count). The highest BCUT2D eigenvalue weighted by atomic mass is 16.4. The lowest BCUT2D eigenvalue weighted by Gasteiger charge is -2.35. The van der Waals surface area contributed by atoms with Crippen LogP contribution in [-0.2, 0) is 14.4 Å². The van der Waals surface area contributed by atoms with Gasteiger partial charge in [-0.1, -0.05) is 46.5 Å². The molecule has 0 unspecified atom stereocenters. The molecule has 1 fully saturated rings. The summed E-state index contributed by atoms with van der Waals surface area (Å²) in [7, 11) is 0. The monoisotopic (exact) mass is 398 g/mol. The molecule has 0 bridgehead atoms. The van der Waals surface area contributed by atoms with E-state index in [9.17, 15) is 19.5 Å². The fourth-order valence-corrected chi connectivity index (χ4v) is 3.63. The molecule has 0 saturated carbocycles. The maximum Gasteiger partial charge on any atom is 0.303 e. The average molecular weight is 399 g/mol. The van der Waals surface area contributed by atoms with Crippen LogP contribution in [0.4, 0.5) is 0 Å². The van der Waals surface area contributed by atoms with Crippen molar-refractivity contribution in [3.05, 3.63) is 0 Å². The normalized spacial score (nSPS) is 20.8. The summed E-state index contributed by atoms with van der Waals surface area (Å²) in [4.78, 5) is 37.5. The molecule has 1 saturated heterocycles. The van der Waals surface area contributed by atoms with E-state index in [4.69, 9.17) is 5.11 Å². The second kappa shape index (κ2) is 11.4. The highest BCUT2D eigenvalue weighted by Crippen LogP contribution is 2.26. The molecule has 0 aromatic rings. The number of carboxylic acid groups (broad SMARTS) is 1. The van der Waals surface area contributed by atoms with E-state index in [0.29, 0.717) is 25.8 Å². The van der Waals surface area contributed by atoms with Crippen molar-refractivity contribution in [3.63, 3.8) is 0 Å². The van der Waals surface area contributed by atoms with E-state index >= 15 is 0 Å². The predicted molar refractivity (Wildman–Crippen MR) is 108 cm³/mol. The molecule has 0 aliphatic carbocycles. The molecule has 28 heavy (non-hydrogen) atoms. The zero-order valence-electron chi connectivity index (χ0n) is 17.9. The van der Waals surface area contributed by atoms with Gasteiger partial charge >= 0.3 is 5.97 Å². The van der Waals surface area contributed by atoms with Gasteiger partial charge in [0.1, 0.15) is 6.04 Å². The number of nitrogens with one attached hydrogen (secondary N) is 1. The number of rotatable bonds is 11. The number of hydrogen-bond donors (Lipinski definition) is 3. The van der Waals surface area contributed by atoms with E-state index in [1.165, 1.54) is 0 Å². The maximum atomic E-state index is 13.0. The van der Waals surface area contributed by atoms with Crippen LogP contribution in [-0.4, -0.2) is 57.6 Å². The molecule has 7 heteroatoms. The number of aliphatic carboxylic acids is 1. The van der Waals surface area contributed by atoms with Crippen molar-refractivity contribution in [1.82, 2.24) is 10.2 Å². The number of carboxylic acids is 1. The lowest BCUT2D eigenvalue weighted by atomic mass is 9.85. The molecule has 7 nitrogen and oxygen atoms in total. The van der Waals surface area contributed by atoms with Crippen LogP contribution in [0.15, 0.2) is 0 Å². The molecule has 3 N–H and O–H groups in total. The molecule has 0 spiro atoms. The van der Waals surface area contributed by atoms with Crippen molar-refractivity contribution in [2.24, 2.45) is 5.41 Å². The molecular formula is C21H38N2O5. The fourth-order valence-electron chi connectivity index (χ4n) is 3.63. The zero-order valence-corrected chi connectivity index (χ0v) is 17.9. The molecule has 1 heterocycles. The Labute approximate surface area is 168 Å². The number of aliphatic hydroxyl groups is 1. The van der Waals surface area contributed by atoms with Crippen molar-refractivity contribution in [1.29, 1.82) is 0 Å². The summed E-state index contributed by atoms with van der Waals surface area (Å²) in [6.45, 7) is 8.05. The van der Waals surface area contributed by atoms with Gasteiger partial charge in [0.25, 0.3) is 0 Å². The van der Waals surface area contributed by atoms with Crippen LogP contribution < -0.4 is 5.32 Å². The number of nitrogens with zero attached hydrogens (tertiary/aromatic N) is 1.